The molecular weight excluding hydrogens is 302 g/mol. The van der Waals surface area contributed by atoms with Gasteiger partial charge >= 0.3 is 0 Å². The first-order valence-corrected chi connectivity index (χ1v) is 7.51. The third-order valence-corrected chi connectivity index (χ3v) is 4.99. The summed E-state index contributed by atoms with van der Waals surface area (Å²) in [4.78, 5) is 33.5. The number of benzene rings is 1. The van der Waals surface area contributed by atoms with Crippen molar-refractivity contribution in [3.8, 4) is 0 Å². The molecular formula is C16H19NO6. The van der Waals surface area contributed by atoms with E-state index in [9.17, 15) is 14.9 Å². The Balaban J connectivity index is 1.93. The predicted octanol–water partition coefficient (Wildman–Crippen LogP) is 2.92. The number of non-ortho nitro benzene ring substituents is 1. The zero-order valence-corrected chi connectivity index (χ0v) is 13.3. The van der Waals surface area contributed by atoms with Gasteiger partial charge in [-0.15, -0.1) is 0 Å². The van der Waals surface area contributed by atoms with Gasteiger partial charge in [0.05, 0.1) is 10.3 Å². The standard InChI is InChI=1S/C16H19NO6/c1-11(18)16(9-8-14(2)21-15(16,3)23-22-14)10-12-4-6-13(7-5-12)17(19)20/h4-7H,8-10H2,1-3H3/t14-,15+,16-/m0/s1. The lowest BCUT2D eigenvalue weighted by Crippen LogP contribution is -2.57. The normalized spacial score (nSPS) is 36.0. The summed E-state index contributed by atoms with van der Waals surface area (Å²) < 4.78 is 5.91. The van der Waals surface area contributed by atoms with Gasteiger partial charge in [-0.05, 0) is 39.2 Å². The molecule has 1 aromatic rings. The van der Waals surface area contributed by atoms with E-state index < -0.39 is 21.9 Å². The number of carbonyl (C=O) groups excluding carboxylic acids is 1. The highest BCUT2D eigenvalue weighted by Crippen LogP contribution is 2.55. The van der Waals surface area contributed by atoms with Crippen LogP contribution in [0.5, 0.6) is 0 Å². The van der Waals surface area contributed by atoms with Gasteiger partial charge in [0, 0.05) is 18.6 Å². The molecule has 3 rings (SSSR count). The molecule has 0 saturated carbocycles. The predicted molar refractivity (Wildman–Crippen MR) is 79.2 cm³/mol. The van der Waals surface area contributed by atoms with Gasteiger partial charge in [-0.2, -0.15) is 9.78 Å². The molecule has 0 aliphatic carbocycles. The number of ketones is 1. The molecule has 2 fully saturated rings. The Hall–Kier alpha value is -1.83. The molecule has 7 heteroatoms. The summed E-state index contributed by atoms with van der Waals surface area (Å²) in [6, 6.07) is 6.20. The van der Waals surface area contributed by atoms with Crippen molar-refractivity contribution in [3.05, 3.63) is 39.9 Å². The van der Waals surface area contributed by atoms with E-state index in [0.717, 1.165) is 5.56 Å². The summed E-state index contributed by atoms with van der Waals surface area (Å²) in [5.74, 6) is -2.05. The number of Topliss-reactive ketones (excluding diaryl/α,β-unsaturated/α-hetero) is 1. The highest BCUT2D eigenvalue weighted by atomic mass is 17.3. The van der Waals surface area contributed by atoms with E-state index >= 15 is 0 Å². The van der Waals surface area contributed by atoms with Crippen LogP contribution in [-0.4, -0.2) is 22.3 Å². The van der Waals surface area contributed by atoms with Crippen molar-refractivity contribution in [2.45, 2.75) is 51.6 Å². The van der Waals surface area contributed by atoms with Crippen LogP contribution in [0.2, 0.25) is 0 Å². The summed E-state index contributed by atoms with van der Waals surface area (Å²) in [5.41, 5.74) is -0.0569. The molecule has 0 unspecified atom stereocenters. The lowest BCUT2D eigenvalue weighted by atomic mass is 9.67. The molecule has 0 spiro atoms. The first kappa shape index (κ1) is 16.0. The van der Waals surface area contributed by atoms with Gasteiger partial charge < -0.3 is 4.74 Å². The minimum Gasteiger partial charge on any atom is -0.312 e. The molecule has 2 saturated heterocycles. The monoisotopic (exact) mass is 321 g/mol. The fourth-order valence-electron chi connectivity index (χ4n) is 3.50. The molecule has 3 atom stereocenters. The summed E-state index contributed by atoms with van der Waals surface area (Å²) in [6.07, 6.45) is 1.47. The van der Waals surface area contributed by atoms with E-state index in [1.807, 2.05) is 0 Å². The number of nitrogens with zero attached hydrogens (tertiary/aromatic N) is 1. The first-order valence-electron chi connectivity index (χ1n) is 7.51. The summed E-state index contributed by atoms with van der Waals surface area (Å²) >= 11 is 0. The Labute approximate surface area is 133 Å². The van der Waals surface area contributed by atoms with E-state index in [0.29, 0.717) is 19.3 Å². The number of carbonyl (C=O) groups is 1. The third kappa shape index (κ3) is 2.45. The Kier molecular flexibility index (Phi) is 3.55. The van der Waals surface area contributed by atoms with Crippen LogP contribution in [0.15, 0.2) is 24.3 Å². The van der Waals surface area contributed by atoms with Crippen molar-refractivity contribution in [2.24, 2.45) is 5.41 Å². The molecule has 0 amide bonds. The summed E-state index contributed by atoms with van der Waals surface area (Å²) in [5, 5.41) is 10.8. The molecule has 124 valence electrons. The zero-order valence-electron chi connectivity index (χ0n) is 13.3. The van der Waals surface area contributed by atoms with Gasteiger partial charge in [-0.3, -0.25) is 14.9 Å². The van der Waals surface area contributed by atoms with Crippen molar-refractivity contribution >= 4 is 11.5 Å². The second-order valence-corrected chi connectivity index (χ2v) is 6.59. The van der Waals surface area contributed by atoms with Gasteiger partial charge in [-0.25, -0.2) is 0 Å². The lowest BCUT2D eigenvalue weighted by molar-refractivity contribution is -0.384. The lowest BCUT2D eigenvalue weighted by Gasteiger charge is -2.45. The van der Waals surface area contributed by atoms with E-state index in [1.165, 1.54) is 19.1 Å². The SMILES string of the molecule is CC(=O)[C@@]1(Cc2ccc([N+](=O)[O-])cc2)CC[C@]2(C)OO[C@@]1(C)O2. The number of fused-ring (bicyclic) bond motifs is 2. The summed E-state index contributed by atoms with van der Waals surface area (Å²) in [6.45, 7) is 5.02. The van der Waals surface area contributed by atoms with E-state index in [2.05, 4.69) is 0 Å². The Morgan fingerprint density at radius 2 is 1.87 bits per heavy atom. The number of nitro groups is 1. The van der Waals surface area contributed by atoms with Crippen molar-refractivity contribution in [1.29, 1.82) is 0 Å². The smallest absolute Gasteiger partial charge is 0.269 e. The van der Waals surface area contributed by atoms with E-state index in [1.54, 1.807) is 26.0 Å². The van der Waals surface area contributed by atoms with E-state index in [-0.39, 0.29) is 11.5 Å². The minimum atomic E-state index is -1.17. The molecule has 2 bridgehead atoms. The van der Waals surface area contributed by atoms with Gasteiger partial charge in [-0.1, -0.05) is 12.1 Å². The number of rotatable bonds is 4. The highest BCUT2D eigenvalue weighted by molar-refractivity contribution is 5.84. The van der Waals surface area contributed by atoms with Gasteiger partial charge in [0.1, 0.15) is 5.78 Å². The topological polar surface area (TPSA) is 87.9 Å². The number of nitro benzene ring substituents is 1. The Morgan fingerprint density at radius 3 is 2.43 bits per heavy atom. The molecule has 7 nitrogen and oxygen atoms in total. The molecule has 2 aliphatic heterocycles. The number of hydrogen-bond donors (Lipinski definition) is 0. The van der Waals surface area contributed by atoms with Crippen LogP contribution in [0.4, 0.5) is 5.69 Å². The van der Waals surface area contributed by atoms with Crippen LogP contribution >= 0.6 is 0 Å². The molecule has 0 radical (unpaired) electrons. The maximum Gasteiger partial charge on any atom is 0.269 e. The van der Waals surface area contributed by atoms with Crippen molar-refractivity contribution in [3.63, 3.8) is 0 Å². The second-order valence-electron chi connectivity index (χ2n) is 6.59. The Morgan fingerprint density at radius 1 is 1.22 bits per heavy atom. The number of hydrogen-bond acceptors (Lipinski definition) is 6. The largest absolute Gasteiger partial charge is 0.312 e. The fourth-order valence-corrected chi connectivity index (χ4v) is 3.50. The fraction of sp³-hybridized carbons (Fsp3) is 0.562. The maximum absolute atomic E-state index is 12.5. The average Bonchev–Trinajstić information content (AvgIpc) is 2.75. The van der Waals surface area contributed by atoms with Crippen LogP contribution < -0.4 is 0 Å². The second kappa shape index (κ2) is 5.09. The molecule has 2 heterocycles. The van der Waals surface area contributed by atoms with E-state index in [4.69, 9.17) is 14.5 Å². The van der Waals surface area contributed by atoms with Crippen LogP contribution in [-0.2, 0) is 25.7 Å². The minimum absolute atomic E-state index is 0.0183. The van der Waals surface area contributed by atoms with Crippen molar-refractivity contribution in [2.75, 3.05) is 0 Å². The molecule has 1 aromatic carbocycles. The Bertz CT molecular complexity index is 659. The van der Waals surface area contributed by atoms with Crippen LogP contribution in [0.1, 0.15) is 39.2 Å². The van der Waals surface area contributed by atoms with Crippen LogP contribution in [0, 0.1) is 15.5 Å². The quantitative estimate of drug-likeness (QED) is 0.481. The van der Waals surface area contributed by atoms with Gasteiger partial charge in [0.15, 0.2) is 0 Å². The summed E-state index contributed by atoms with van der Waals surface area (Å²) in [7, 11) is 0. The van der Waals surface area contributed by atoms with Crippen LogP contribution in [0.3, 0.4) is 0 Å². The molecule has 0 N–H and O–H groups in total. The molecule has 2 aliphatic rings. The molecule has 23 heavy (non-hydrogen) atoms. The number of ether oxygens (including phenoxy) is 1. The highest BCUT2D eigenvalue weighted by Gasteiger charge is 2.66. The van der Waals surface area contributed by atoms with Gasteiger partial charge in [0.25, 0.3) is 5.69 Å². The van der Waals surface area contributed by atoms with Crippen molar-refractivity contribution < 1.29 is 24.2 Å². The maximum atomic E-state index is 12.5. The van der Waals surface area contributed by atoms with Gasteiger partial charge in [0.2, 0.25) is 11.6 Å². The van der Waals surface area contributed by atoms with Crippen molar-refractivity contribution in [1.82, 2.24) is 0 Å². The zero-order chi connectivity index (χ0) is 16.9. The average molecular weight is 321 g/mol. The third-order valence-electron chi connectivity index (χ3n) is 4.99. The first-order chi connectivity index (χ1) is 10.7. The van der Waals surface area contributed by atoms with Crippen LogP contribution in [0.25, 0.3) is 0 Å². The molecule has 0 aromatic heterocycles.